The van der Waals surface area contributed by atoms with Crippen LogP contribution in [0.15, 0.2) is 30.3 Å². The second-order valence-electron chi connectivity index (χ2n) is 4.80. The highest BCUT2D eigenvalue weighted by atomic mass is 16.5. The maximum Gasteiger partial charge on any atom is 0.119 e. The second kappa shape index (κ2) is 11.7. The van der Waals surface area contributed by atoms with Gasteiger partial charge in [-0.2, -0.15) is 0 Å². The first-order valence-electron chi connectivity index (χ1n) is 7.47. The van der Waals surface area contributed by atoms with Gasteiger partial charge in [-0.1, -0.05) is 31.5 Å². The number of rotatable bonds is 12. The summed E-state index contributed by atoms with van der Waals surface area (Å²) in [6.45, 7) is 5.50. The van der Waals surface area contributed by atoms with E-state index in [-0.39, 0.29) is 0 Å². The van der Waals surface area contributed by atoms with Gasteiger partial charge in [0, 0.05) is 19.8 Å². The zero-order chi connectivity index (χ0) is 14.5. The van der Waals surface area contributed by atoms with Gasteiger partial charge in [0.15, 0.2) is 0 Å². The van der Waals surface area contributed by atoms with Crippen LogP contribution in [0.2, 0.25) is 0 Å². The number of aliphatic hydroxyl groups is 1. The Morgan fingerprint density at radius 3 is 2.65 bits per heavy atom. The van der Waals surface area contributed by atoms with E-state index < -0.39 is 6.10 Å². The molecule has 2 N–H and O–H groups in total. The summed E-state index contributed by atoms with van der Waals surface area (Å²) in [7, 11) is 0. The summed E-state index contributed by atoms with van der Waals surface area (Å²) in [6.07, 6.45) is 2.78. The number of hydrogen-bond donors (Lipinski definition) is 2. The van der Waals surface area contributed by atoms with Gasteiger partial charge in [0.25, 0.3) is 0 Å². The van der Waals surface area contributed by atoms with Gasteiger partial charge in [-0.05, 0) is 31.5 Å². The molecule has 0 aliphatic heterocycles. The molecule has 4 nitrogen and oxygen atoms in total. The van der Waals surface area contributed by atoms with Crippen LogP contribution in [0.4, 0.5) is 0 Å². The molecule has 0 radical (unpaired) electrons. The number of benzene rings is 1. The van der Waals surface area contributed by atoms with Crippen molar-refractivity contribution in [2.24, 2.45) is 0 Å². The molecule has 1 atom stereocenters. The van der Waals surface area contributed by atoms with Crippen LogP contribution in [-0.2, 0) is 4.74 Å². The summed E-state index contributed by atoms with van der Waals surface area (Å²) in [6, 6.07) is 9.53. The smallest absolute Gasteiger partial charge is 0.119 e. The first kappa shape index (κ1) is 17.0. The standard InChI is InChI=1S/C16H27NO3/c1-2-3-11-19-12-7-10-17-13-15(18)14-20-16-8-5-4-6-9-16/h4-6,8-9,15,17-18H,2-3,7,10-14H2,1H3. The van der Waals surface area contributed by atoms with Crippen molar-refractivity contribution in [2.75, 3.05) is 32.9 Å². The van der Waals surface area contributed by atoms with Crippen LogP contribution >= 0.6 is 0 Å². The van der Waals surface area contributed by atoms with E-state index in [1.54, 1.807) is 0 Å². The fraction of sp³-hybridized carbons (Fsp3) is 0.625. The molecule has 0 saturated carbocycles. The van der Waals surface area contributed by atoms with Gasteiger partial charge >= 0.3 is 0 Å². The first-order valence-corrected chi connectivity index (χ1v) is 7.47. The largest absolute Gasteiger partial charge is 0.491 e. The van der Waals surface area contributed by atoms with Crippen LogP contribution < -0.4 is 10.1 Å². The van der Waals surface area contributed by atoms with Gasteiger partial charge in [0.2, 0.25) is 0 Å². The van der Waals surface area contributed by atoms with E-state index in [1.165, 1.54) is 6.42 Å². The molecule has 0 fully saturated rings. The average Bonchev–Trinajstić information content (AvgIpc) is 2.49. The Labute approximate surface area is 122 Å². The van der Waals surface area contributed by atoms with Crippen molar-refractivity contribution in [1.82, 2.24) is 5.32 Å². The number of ether oxygens (including phenoxy) is 2. The number of para-hydroxylation sites is 1. The third-order valence-electron chi connectivity index (χ3n) is 2.85. The summed E-state index contributed by atoms with van der Waals surface area (Å²) in [5.74, 6) is 0.788. The Hall–Kier alpha value is -1.10. The quantitative estimate of drug-likeness (QED) is 0.577. The molecule has 0 saturated heterocycles. The highest BCUT2D eigenvalue weighted by Crippen LogP contribution is 2.08. The van der Waals surface area contributed by atoms with Crippen molar-refractivity contribution in [1.29, 1.82) is 0 Å². The third-order valence-corrected chi connectivity index (χ3v) is 2.85. The molecule has 0 aliphatic carbocycles. The molecule has 0 bridgehead atoms. The number of unbranched alkanes of at least 4 members (excludes halogenated alkanes) is 1. The van der Waals surface area contributed by atoms with Crippen molar-refractivity contribution in [3.8, 4) is 5.75 Å². The second-order valence-corrected chi connectivity index (χ2v) is 4.80. The highest BCUT2D eigenvalue weighted by molar-refractivity contribution is 5.20. The Morgan fingerprint density at radius 2 is 1.90 bits per heavy atom. The van der Waals surface area contributed by atoms with Gasteiger partial charge in [-0.15, -0.1) is 0 Å². The lowest BCUT2D eigenvalue weighted by atomic mass is 10.3. The number of nitrogens with one attached hydrogen (secondary N) is 1. The molecule has 1 unspecified atom stereocenters. The predicted molar refractivity (Wildman–Crippen MR) is 81.2 cm³/mol. The zero-order valence-corrected chi connectivity index (χ0v) is 12.4. The molecule has 1 rings (SSSR count). The minimum Gasteiger partial charge on any atom is -0.491 e. The fourth-order valence-corrected chi connectivity index (χ4v) is 1.68. The summed E-state index contributed by atoms with van der Waals surface area (Å²) < 4.78 is 10.9. The van der Waals surface area contributed by atoms with Crippen LogP contribution in [0.1, 0.15) is 26.2 Å². The molecule has 0 aromatic heterocycles. The van der Waals surface area contributed by atoms with E-state index in [4.69, 9.17) is 9.47 Å². The molecule has 114 valence electrons. The monoisotopic (exact) mass is 281 g/mol. The van der Waals surface area contributed by atoms with Gasteiger partial charge in [0.05, 0.1) is 0 Å². The molecule has 20 heavy (non-hydrogen) atoms. The average molecular weight is 281 g/mol. The predicted octanol–water partition coefficient (Wildman–Crippen LogP) is 2.22. The van der Waals surface area contributed by atoms with E-state index in [9.17, 15) is 5.11 Å². The van der Waals surface area contributed by atoms with Crippen molar-refractivity contribution in [2.45, 2.75) is 32.3 Å². The lowest BCUT2D eigenvalue weighted by Crippen LogP contribution is -2.32. The third kappa shape index (κ3) is 8.91. The Bertz CT molecular complexity index is 319. The van der Waals surface area contributed by atoms with Crippen molar-refractivity contribution < 1.29 is 14.6 Å². The Kier molecular flexibility index (Phi) is 9.92. The molecular weight excluding hydrogens is 254 g/mol. The zero-order valence-electron chi connectivity index (χ0n) is 12.4. The van der Waals surface area contributed by atoms with E-state index in [2.05, 4.69) is 12.2 Å². The topological polar surface area (TPSA) is 50.7 Å². The van der Waals surface area contributed by atoms with Crippen molar-refractivity contribution >= 4 is 0 Å². The minimum atomic E-state index is -0.490. The van der Waals surface area contributed by atoms with Crippen LogP contribution in [0.5, 0.6) is 5.75 Å². The molecule has 0 spiro atoms. The molecule has 0 aliphatic rings. The van der Waals surface area contributed by atoms with Crippen LogP contribution in [0.25, 0.3) is 0 Å². The van der Waals surface area contributed by atoms with Gasteiger partial charge in [-0.3, -0.25) is 0 Å². The molecule has 1 aromatic carbocycles. The van der Waals surface area contributed by atoms with Crippen molar-refractivity contribution in [3.63, 3.8) is 0 Å². The lowest BCUT2D eigenvalue weighted by molar-refractivity contribution is 0.103. The summed E-state index contributed by atoms with van der Waals surface area (Å²) in [5.41, 5.74) is 0. The van der Waals surface area contributed by atoms with Gasteiger partial charge in [0.1, 0.15) is 18.5 Å². The molecular formula is C16H27NO3. The van der Waals surface area contributed by atoms with E-state index in [1.807, 2.05) is 30.3 Å². The number of aliphatic hydroxyl groups excluding tert-OH is 1. The Morgan fingerprint density at radius 1 is 1.15 bits per heavy atom. The van der Waals surface area contributed by atoms with Crippen LogP contribution in [-0.4, -0.2) is 44.1 Å². The molecule has 4 heteroatoms. The summed E-state index contributed by atoms with van der Waals surface area (Å²) in [4.78, 5) is 0. The highest BCUT2D eigenvalue weighted by Gasteiger charge is 2.04. The molecule has 0 amide bonds. The van der Waals surface area contributed by atoms with Crippen LogP contribution in [0.3, 0.4) is 0 Å². The van der Waals surface area contributed by atoms with Crippen molar-refractivity contribution in [3.05, 3.63) is 30.3 Å². The molecule has 0 heterocycles. The van der Waals surface area contributed by atoms with Gasteiger partial charge < -0.3 is 19.9 Å². The summed E-state index contributed by atoms with van der Waals surface area (Å²) in [5, 5.41) is 13.0. The lowest BCUT2D eigenvalue weighted by Gasteiger charge is -2.13. The summed E-state index contributed by atoms with van der Waals surface area (Å²) >= 11 is 0. The van der Waals surface area contributed by atoms with Gasteiger partial charge in [-0.25, -0.2) is 0 Å². The van der Waals surface area contributed by atoms with E-state index in [0.717, 1.165) is 38.3 Å². The minimum absolute atomic E-state index is 0.310. The number of hydrogen-bond acceptors (Lipinski definition) is 4. The Balaban J connectivity index is 1.91. The normalized spacial score (nSPS) is 12.3. The maximum atomic E-state index is 9.76. The fourth-order valence-electron chi connectivity index (χ4n) is 1.68. The SMILES string of the molecule is CCCCOCCCNCC(O)COc1ccccc1. The molecule has 1 aromatic rings. The first-order chi connectivity index (χ1) is 9.83. The van der Waals surface area contributed by atoms with E-state index in [0.29, 0.717) is 13.2 Å². The van der Waals surface area contributed by atoms with Crippen LogP contribution in [0, 0.1) is 0 Å². The van der Waals surface area contributed by atoms with E-state index >= 15 is 0 Å². The maximum absolute atomic E-state index is 9.76.